The third-order valence-corrected chi connectivity index (χ3v) is 5.66. The number of carbonyl (C=O) groups excluding carboxylic acids is 2. The fourth-order valence-corrected chi connectivity index (χ4v) is 3.90. The zero-order valence-electron chi connectivity index (χ0n) is 16.5. The Morgan fingerprint density at radius 2 is 1.80 bits per heavy atom. The molecule has 160 valence electrons. The molecule has 2 N–H and O–H groups in total. The largest absolute Gasteiger partial charge is 0.497 e. The van der Waals surface area contributed by atoms with Gasteiger partial charge in [0.05, 0.1) is 13.2 Å². The second-order valence-corrected chi connectivity index (χ2v) is 7.99. The molecule has 0 radical (unpaired) electrons. The van der Waals surface area contributed by atoms with E-state index in [4.69, 9.17) is 4.74 Å². The van der Waals surface area contributed by atoms with Crippen molar-refractivity contribution in [2.75, 3.05) is 25.5 Å². The highest BCUT2D eigenvalue weighted by Crippen LogP contribution is 2.34. The molecule has 1 unspecified atom stereocenters. The maximum absolute atomic E-state index is 14.7. The molecule has 2 aromatic rings. The molecule has 1 heterocycles. The molecular formula is C21H22BrF2N3O3. The Hall–Kier alpha value is -2.68. The molecule has 30 heavy (non-hydrogen) atoms. The van der Waals surface area contributed by atoms with Crippen LogP contribution in [0.15, 0.2) is 40.9 Å². The number of anilines is 1. The summed E-state index contributed by atoms with van der Waals surface area (Å²) in [5, 5.41) is 5.48. The van der Waals surface area contributed by atoms with Gasteiger partial charge in [-0.05, 0) is 30.7 Å². The van der Waals surface area contributed by atoms with Crippen LogP contribution in [0.2, 0.25) is 0 Å². The van der Waals surface area contributed by atoms with Crippen LogP contribution < -0.4 is 15.4 Å². The quantitative estimate of drug-likeness (QED) is 0.685. The molecule has 9 heteroatoms. The zero-order valence-corrected chi connectivity index (χ0v) is 18.1. The molecule has 3 rings (SSSR count). The van der Waals surface area contributed by atoms with Crippen LogP contribution in [0.1, 0.15) is 24.8 Å². The number of halogens is 3. The van der Waals surface area contributed by atoms with Gasteiger partial charge in [-0.25, -0.2) is 13.6 Å². The van der Waals surface area contributed by atoms with E-state index in [1.54, 1.807) is 29.2 Å². The Morgan fingerprint density at radius 1 is 1.17 bits per heavy atom. The number of carbonyl (C=O) groups is 2. The maximum Gasteiger partial charge on any atom is 0.319 e. The van der Waals surface area contributed by atoms with Crippen LogP contribution in [-0.2, 0) is 4.79 Å². The summed E-state index contributed by atoms with van der Waals surface area (Å²) in [5.74, 6) is -2.21. The normalized spacial score (nSPS) is 18.6. The fraction of sp³-hybridized carbons (Fsp3) is 0.333. The molecule has 1 aliphatic rings. The topological polar surface area (TPSA) is 70.7 Å². The Balaban J connectivity index is 1.84. The van der Waals surface area contributed by atoms with Gasteiger partial charge in [0.1, 0.15) is 17.4 Å². The first-order valence-corrected chi connectivity index (χ1v) is 10.2. The smallest absolute Gasteiger partial charge is 0.319 e. The third-order valence-electron chi connectivity index (χ3n) is 5.14. The van der Waals surface area contributed by atoms with Gasteiger partial charge >= 0.3 is 6.03 Å². The maximum atomic E-state index is 14.7. The van der Waals surface area contributed by atoms with E-state index >= 15 is 0 Å². The first-order chi connectivity index (χ1) is 14.3. The standard InChI is InChI=1S/C21H22BrF2N3O3/c1-12(28)27-8-7-16(20-17(23)9-15(30-2)10-18(20)24)19(11-27)26-21(29)25-14-5-3-13(22)4-6-14/h3-6,9-10,16,19H,7-8,11H2,1-2H3,(H2,25,26,29)/t16?,19-/m1/s1. The van der Waals surface area contributed by atoms with Crippen molar-refractivity contribution >= 4 is 33.6 Å². The van der Waals surface area contributed by atoms with Crippen molar-refractivity contribution in [3.8, 4) is 5.75 Å². The van der Waals surface area contributed by atoms with E-state index in [0.717, 1.165) is 16.6 Å². The van der Waals surface area contributed by atoms with Crippen molar-refractivity contribution in [2.24, 2.45) is 0 Å². The highest BCUT2D eigenvalue weighted by molar-refractivity contribution is 9.10. The number of piperidine rings is 1. The van der Waals surface area contributed by atoms with Crippen LogP contribution in [-0.4, -0.2) is 43.1 Å². The summed E-state index contributed by atoms with van der Waals surface area (Å²) >= 11 is 3.32. The minimum atomic E-state index is -0.742. The molecule has 0 bridgehead atoms. The molecule has 0 spiro atoms. The number of methoxy groups -OCH3 is 1. The number of amides is 3. The summed E-state index contributed by atoms with van der Waals surface area (Å²) in [6.45, 7) is 1.92. The summed E-state index contributed by atoms with van der Waals surface area (Å²) in [4.78, 5) is 25.9. The SMILES string of the molecule is COc1cc(F)c(C2CCN(C(C)=O)C[C@H]2NC(=O)Nc2ccc(Br)cc2)c(F)c1. The number of likely N-dealkylation sites (tertiary alicyclic amines) is 1. The van der Waals surface area contributed by atoms with Gasteiger partial charge in [-0.1, -0.05) is 15.9 Å². The first kappa shape index (κ1) is 22.0. The number of nitrogens with one attached hydrogen (secondary N) is 2. The van der Waals surface area contributed by atoms with E-state index < -0.39 is 29.6 Å². The molecule has 0 aliphatic carbocycles. The highest BCUT2D eigenvalue weighted by atomic mass is 79.9. The molecule has 2 aromatic carbocycles. The Labute approximate surface area is 181 Å². The lowest BCUT2D eigenvalue weighted by atomic mass is 9.84. The summed E-state index contributed by atoms with van der Waals surface area (Å²) in [5.41, 5.74) is 0.446. The first-order valence-electron chi connectivity index (χ1n) is 9.40. The van der Waals surface area contributed by atoms with Crippen molar-refractivity contribution in [1.82, 2.24) is 10.2 Å². The molecule has 0 saturated carbocycles. The minimum absolute atomic E-state index is 0.0763. The van der Waals surface area contributed by atoms with Gasteiger partial charge in [0.25, 0.3) is 0 Å². The number of hydrogen-bond acceptors (Lipinski definition) is 3. The summed E-state index contributed by atoms with van der Waals surface area (Å²) in [6, 6.07) is 8.03. The van der Waals surface area contributed by atoms with Gasteiger partial charge in [-0.3, -0.25) is 4.79 Å². The third kappa shape index (κ3) is 5.08. The van der Waals surface area contributed by atoms with Crippen LogP contribution >= 0.6 is 15.9 Å². The second kappa shape index (κ2) is 9.42. The number of ether oxygens (including phenoxy) is 1. The molecule has 6 nitrogen and oxygen atoms in total. The summed E-state index contributed by atoms with van der Waals surface area (Å²) < 4.78 is 35.2. The predicted octanol–water partition coefficient (Wildman–Crippen LogP) is 4.26. The highest BCUT2D eigenvalue weighted by Gasteiger charge is 2.36. The van der Waals surface area contributed by atoms with E-state index in [-0.39, 0.29) is 23.8 Å². The van der Waals surface area contributed by atoms with E-state index in [0.29, 0.717) is 18.7 Å². The van der Waals surface area contributed by atoms with Crippen molar-refractivity contribution < 1.29 is 23.1 Å². The lowest BCUT2D eigenvalue weighted by molar-refractivity contribution is -0.130. The van der Waals surface area contributed by atoms with Crippen LogP contribution in [0.3, 0.4) is 0 Å². The van der Waals surface area contributed by atoms with Gasteiger partial charge in [-0.15, -0.1) is 0 Å². The van der Waals surface area contributed by atoms with E-state index in [1.807, 2.05) is 0 Å². The average Bonchev–Trinajstić information content (AvgIpc) is 2.70. The van der Waals surface area contributed by atoms with Crippen LogP contribution in [0.5, 0.6) is 5.75 Å². The summed E-state index contributed by atoms with van der Waals surface area (Å²) in [7, 11) is 1.33. The Kier molecular flexibility index (Phi) is 6.91. The van der Waals surface area contributed by atoms with Gasteiger partial charge in [0.2, 0.25) is 5.91 Å². The Morgan fingerprint density at radius 3 is 2.37 bits per heavy atom. The molecule has 0 aromatic heterocycles. The monoisotopic (exact) mass is 481 g/mol. The van der Waals surface area contributed by atoms with Crippen LogP contribution in [0.4, 0.5) is 19.3 Å². The lowest BCUT2D eigenvalue weighted by Gasteiger charge is -2.39. The molecule has 1 aliphatic heterocycles. The zero-order chi connectivity index (χ0) is 21.8. The Bertz CT molecular complexity index is 917. The van der Waals surface area contributed by atoms with Crippen molar-refractivity contribution in [3.63, 3.8) is 0 Å². The van der Waals surface area contributed by atoms with Gasteiger partial charge in [-0.2, -0.15) is 0 Å². The van der Waals surface area contributed by atoms with E-state index in [2.05, 4.69) is 26.6 Å². The minimum Gasteiger partial charge on any atom is -0.497 e. The second-order valence-electron chi connectivity index (χ2n) is 7.08. The van der Waals surface area contributed by atoms with E-state index in [9.17, 15) is 18.4 Å². The van der Waals surface area contributed by atoms with Crippen molar-refractivity contribution in [3.05, 3.63) is 58.1 Å². The molecule has 1 saturated heterocycles. The molecule has 3 amide bonds. The predicted molar refractivity (Wildman–Crippen MR) is 113 cm³/mol. The van der Waals surface area contributed by atoms with E-state index in [1.165, 1.54) is 14.0 Å². The average molecular weight is 482 g/mol. The molecular weight excluding hydrogens is 460 g/mol. The fourth-order valence-electron chi connectivity index (χ4n) is 3.63. The summed E-state index contributed by atoms with van der Waals surface area (Å²) in [6.07, 6.45) is 0.309. The number of nitrogens with zero attached hydrogens (tertiary/aromatic N) is 1. The number of urea groups is 1. The van der Waals surface area contributed by atoms with Crippen molar-refractivity contribution in [2.45, 2.75) is 25.3 Å². The van der Waals surface area contributed by atoms with Crippen molar-refractivity contribution in [1.29, 1.82) is 0 Å². The van der Waals surface area contributed by atoms with Gasteiger partial charge < -0.3 is 20.3 Å². The number of rotatable bonds is 4. The van der Waals surface area contributed by atoms with Gasteiger partial charge in [0.15, 0.2) is 0 Å². The van der Waals surface area contributed by atoms with Gasteiger partial charge in [0, 0.05) is 53.8 Å². The molecule has 2 atom stereocenters. The van der Waals surface area contributed by atoms with Crippen LogP contribution in [0, 0.1) is 11.6 Å². The van der Waals surface area contributed by atoms with Crippen LogP contribution in [0.25, 0.3) is 0 Å². The number of hydrogen-bond donors (Lipinski definition) is 2. The lowest BCUT2D eigenvalue weighted by Crippen LogP contribution is -2.53. The molecule has 1 fully saturated rings. The number of benzene rings is 2.